The molecule has 2 aromatic carbocycles. The number of hydrogen-bond donors (Lipinski definition) is 1. The monoisotopic (exact) mass is 338 g/mol. The van der Waals surface area contributed by atoms with Crippen molar-refractivity contribution in [3.63, 3.8) is 0 Å². The van der Waals surface area contributed by atoms with Gasteiger partial charge in [0.1, 0.15) is 5.82 Å². The lowest BCUT2D eigenvalue weighted by atomic mass is 10.1. The highest BCUT2D eigenvalue weighted by Gasteiger charge is 2.12. The maximum Gasteiger partial charge on any atom is 0.285 e. The second-order valence-electron chi connectivity index (χ2n) is 4.36. The van der Waals surface area contributed by atoms with Crippen molar-refractivity contribution < 1.29 is 9.31 Å². The highest BCUT2D eigenvalue weighted by Crippen LogP contribution is 2.28. The molecular formula is C14H12BrFN2O2. The number of nitrogens with zero attached hydrogens (tertiary/aromatic N) is 1. The van der Waals surface area contributed by atoms with Gasteiger partial charge in [-0.05, 0) is 52.2 Å². The molecule has 0 atom stereocenters. The third kappa shape index (κ3) is 3.33. The zero-order valence-electron chi connectivity index (χ0n) is 10.7. The normalized spacial score (nSPS) is 10.3. The Morgan fingerprint density at radius 2 is 2.05 bits per heavy atom. The number of nitro groups is 1. The van der Waals surface area contributed by atoms with Crippen LogP contribution in [0.1, 0.15) is 11.1 Å². The van der Waals surface area contributed by atoms with Gasteiger partial charge in [0.2, 0.25) is 0 Å². The van der Waals surface area contributed by atoms with Crippen LogP contribution in [-0.2, 0) is 6.54 Å². The number of nitrogens with one attached hydrogen (secondary N) is 1. The molecule has 0 fully saturated rings. The molecule has 6 heteroatoms. The van der Waals surface area contributed by atoms with Gasteiger partial charge in [-0.1, -0.05) is 12.1 Å². The second-order valence-corrected chi connectivity index (χ2v) is 5.21. The minimum Gasteiger partial charge on any atom is -0.381 e. The summed E-state index contributed by atoms with van der Waals surface area (Å²) in [4.78, 5) is 10.4. The lowest BCUT2D eigenvalue weighted by molar-refractivity contribution is -0.385. The smallest absolute Gasteiger partial charge is 0.285 e. The van der Waals surface area contributed by atoms with E-state index in [-0.39, 0.29) is 11.5 Å². The first kappa shape index (κ1) is 14.5. The topological polar surface area (TPSA) is 55.2 Å². The van der Waals surface area contributed by atoms with Crippen molar-refractivity contribution in [3.05, 3.63) is 67.9 Å². The first-order valence-corrected chi connectivity index (χ1v) is 6.69. The van der Waals surface area contributed by atoms with Crippen LogP contribution in [-0.4, -0.2) is 4.92 Å². The van der Waals surface area contributed by atoms with Crippen LogP contribution >= 0.6 is 15.9 Å². The average molecular weight is 339 g/mol. The summed E-state index contributed by atoms with van der Waals surface area (Å²) in [7, 11) is 0. The maximum atomic E-state index is 13.1. The number of halogens is 2. The second kappa shape index (κ2) is 6.00. The molecule has 0 saturated carbocycles. The minimum absolute atomic E-state index is 0.00490. The van der Waals surface area contributed by atoms with Crippen LogP contribution in [0.2, 0.25) is 0 Å². The van der Waals surface area contributed by atoms with Crippen molar-refractivity contribution in [3.8, 4) is 0 Å². The Balaban J connectivity index is 2.12. The molecule has 2 rings (SSSR count). The number of rotatable bonds is 4. The van der Waals surface area contributed by atoms with Gasteiger partial charge in [0.05, 0.1) is 9.40 Å². The Bertz CT molecular complexity index is 662. The predicted octanol–water partition coefficient (Wildman–Crippen LogP) is 4.42. The van der Waals surface area contributed by atoms with Gasteiger partial charge in [-0.15, -0.1) is 0 Å². The predicted molar refractivity (Wildman–Crippen MR) is 79.3 cm³/mol. The van der Waals surface area contributed by atoms with Gasteiger partial charge in [-0.25, -0.2) is 4.39 Å². The summed E-state index contributed by atoms with van der Waals surface area (Å²) in [5.74, 6) is -0.243. The largest absolute Gasteiger partial charge is 0.381 e. The fourth-order valence-electron chi connectivity index (χ4n) is 1.78. The van der Waals surface area contributed by atoms with E-state index in [1.165, 1.54) is 12.1 Å². The number of benzene rings is 2. The van der Waals surface area contributed by atoms with Gasteiger partial charge >= 0.3 is 0 Å². The molecule has 1 N–H and O–H groups in total. The fraction of sp³-hybridized carbons (Fsp3) is 0.143. The molecule has 0 aliphatic carbocycles. The zero-order chi connectivity index (χ0) is 14.7. The molecule has 2 aromatic rings. The SMILES string of the molecule is Cc1cc(CNc2ccc(Br)c([N+](=O)[O-])c2)ccc1F. The molecule has 0 unspecified atom stereocenters. The van der Waals surface area contributed by atoms with E-state index in [9.17, 15) is 14.5 Å². The first-order valence-electron chi connectivity index (χ1n) is 5.90. The number of anilines is 1. The van der Waals surface area contributed by atoms with Gasteiger partial charge in [0.25, 0.3) is 5.69 Å². The molecule has 0 amide bonds. The van der Waals surface area contributed by atoms with Crippen LogP contribution < -0.4 is 5.32 Å². The highest BCUT2D eigenvalue weighted by atomic mass is 79.9. The molecule has 4 nitrogen and oxygen atoms in total. The van der Waals surface area contributed by atoms with E-state index < -0.39 is 4.92 Å². The molecule has 0 radical (unpaired) electrons. The van der Waals surface area contributed by atoms with Crippen molar-refractivity contribution in [1.29, 1.82) is 0 Å². The molecule has 0 aliphatic heterocycles. The van der Waals surface area contributed by atoms with Crippen molar-refractivity contribution in [2.75, 3.05) is 5.32 Å². The summed E-state index contributed by atoms with van der Waals surface area (Å²) in [5.41, 5.74) is 2.13. The average Bonchev–Trinajstić information content (AvgIpc) is 2.41. The van der Waals surface area contributed by atoms with E-state index in [4.69, 9.17) is 0 Å². The van der Waals surface area contributed by atoms with Crippen molar-refractivity contribution >= 4 is 27.3 Å². The maximum absolute atomic E-state index is 13.1. The molecular weight excluding hydrogens is 327 g/mol. The molecule has 0 bridgehead atoms. The van der Waals surface area contributed by atoms with Crippen LogP contribution in [0.25, 0.3) is 0 Å². The molecule has 104 valence electrons. The number of aryl methyl sites for hydroxylation is 1. The quantitative estimate of drug-likeness (QED) is 0.663. The van der Waals surface area contributed by atoms with E-state index in [1.807, 2.05) is 0 Å². The number of hydrogen-bond acceptors (Lipinski definition) is 3. The Hall–Kier alpha value is -1.95. The lowest BCUT2D eigenvalue weighted by Crippen LogP contribution is -2.01. The van der Waals surface area contributed by atoms with Gasteiger partial charge in [-0.3, -0.25) is 10.1 Å². The molecule has 0 saturated heterocycles. The van der Waals surface area contributed by atoms with Crippen LogP contribution in [0, 0.1) is 22.9 Å². The third-order valence-corrected chi connectivity index (χ3v) is 3.53. The minimum atomic E-state index is -0.447. The molecule has 0 aliphatic rings. The van der Waals surface area contributed by atoms with Crippen LogP contribution in [0.15, 0.2) is 40.9 Å². The summed E-state index contributed by atoms with van der Waals surface area (Å²) >= 11 is 3.13. The third-order valence-electron chi connectivity index (χ3n) is 2.86. The van der Waals surface area contributed by atoms with Gasteiger partial charge in [-0.2, -0.15) is 0 Å². The summed E-state index contributed by atoms with van der Waals surface area (Å²) in [6.07, 6.45) is 0. The van der Waals surface area contributed by atoms with E-state index in [0.29, 0.717) is 22.3 Å². The Morgan fingerprint density at radius 1 is 1.30 bits per heavy atom. The van der Waals surface area contributed by atoms with E-state index in [0.717, 1.165) is 5.56 Å². The molecule has 20 heavy (non-hydrogen) atoms. The summed E-state index contributed by atoms with van der Waals surface area (Å²) < 4.78 is 13.6. The van der Waals surface area contributed by atoms with Crippen LogP contribution in [0.3, 0.4) is 0 Å². The summed E-state index contributed by atoms with van der Waals surface area (Å²) in [6.45, 7) is 2.17. The number of nitro benzene ring substituents is 1. The Morgan fingerprint density at radius 3 is 2.70 bits per heavy atom. The van der Waals surface area contributed by atoms with E-state index in [1.54, 1.807) is 31.2 Å². The van der Waals surface area contributed by atoms with Crippen LogP contribution in [0.4, 0.5) is 15.8 Å². The van der Waals surface area contributed by atoms with Gasteiger partial charge in [0, 0.05) is 18.3 Å². The van der Waals surface area contributed by atoms with E-state index >= 15 is 0 Å². The summed E-state index contributed by atoms with van der Waals surface area (Å²) in [5, 5.41) is 13.9. The lowest BCUT2D eigenvalue weighted by Gasteiger charge is -2.08. The van der Waals surface area contributed by atoms with Crippen molar-refractivity contribution in [1.82, 2.24) is 0 Å². The van der Waals surface area contributed by atoms with Gasteiger partial charge in [0.15, 0.2) is 0 Å². The molecule has 0 aromatic heterocycles. The van der Waals surface area contributed by atoms with Crippen molar-refractivity contribution in [2.24, 2.45) is 0 Å². The van der Waals surface area contributed by atoms with E-state index in [2.05, 4.69) is 21.2 Å². The standard InChI is InChI=1S/C14H12BrFN2O2/c1-9-6-10(2-5-13(9)16)8-17-11-3-4-12(15)14(7-11)18(19)20/h2-7,17H,8H2,1H3. The molecule has 0 spiro atoms. The van der Waals surface area contributed by atoms with Gasteiger partial charge < -0.3 is 5.32 Å². The Labute approximate surface area is 123 Å². The molecule has 0 heterocycles. The van der Waals surface area contributed by atoms with Crippen molar-refractivity contribution in [2.45, 2.75) is 13.5 Å². The highest BCUT2D eigenvalue weighted by molar-refractivity contribution is 9.10. The first-order chi connectivity index (χ1) is 9.47. The zero-order valence-corrected chi connectivity index (χ0v) is 12.3. The fourth-order valence-corrected chi connectivity index (χ4v) is 2.17. The van der Waals surface area contributed by atoms with Crippen LogP contribution in [0.5, 0.6) is 0 Å². The summed E-state index contributed by atoms with van der Waals surface area (Å²) in [6, 6.07) is 9.67. The Kier molecular flexibility index (Phi) is 4.34.